The molecular weight excluding hydrogens is 317 g/mol. The molecule has 1 saturated heterocycles. The molecule has 1 aliphatic heterocycles. The first-order chi connectivity index (χ1) is 12.2. The van der Waals surface area contributed by atoms with E-state index in [2.05, 4.69) is 19.9 Å². The fourth-order valence-corrected chi connectivity index (χ4v) is 3.02. The van der Waals surface area contributed by atoms with Crippen molar-refractivity contribution in [2.75, 3.05) is 18.0 Å². The van der Waals surface area contributed by atoms with Crippen LogP contribution < -0.4 is 10.6 Å². The number of hydrogen-bond acceptors (Lipinski definition) is 5. The molecule has 126 valence electrons. The van der Waals surface area contributed by atoms with Crippen molar-refractivity contribution in [3.05, 3.63) is 60.7 Å². The SMILES string of the molecule is NC1CCN(c2cc(-c3ccncc3)nc(-c3cccc(F)c3)n2)C1. The lowest BCUT2D eigenvalue weighted by atomic mass is 10.1. The average Bonchev–Trinajstić information content (AvgIpc) is 3.09. The number of hydrogen-bond donors (Lipinski definition) is 1. The van der Waals surface area contributed by atoms with Gasteiger partial charge in [-0.3, -0.25) is 4.98 Å². The van der Waals surface area contributed by atoms with Gasteiger partial charge in [0.05, 0.1) is 5.69 Å². The van der Waals surface area contributed by atoms with E-state index in [1.807, 2.05) is 24.3 Å². The van der Waals surface area contributed by atoms with Crippen LogP contribution in [0.15, 0.2) is 54.9 Å². The van der Waals surface area contributed by atoms with Crippen LogP contribution in [0, 0.1) is 5.82 Å². The van der Waals surface area contributed by atoms with Gasteiger partial charge in [0.1, 0.15) is 11.6 Å². The molecular formula is C19H18FN5. The quantitative estimate of drug-likeness (QED) is 0.797. The van der Waals surface area contributed by atoms with E-state index in [4.69, 9.17) is 5.73 Å². The van der Waals surface area contributed by atoms with Crippen LogP contribution in [0.25, 0.3) is 22.6 Å². The molecule has 1 fully saturated rings. The maximum absolute atomic E-state index is 13.6. The second-order valence-corrected chi connectivity index (χ2v) is 6.18. The molecule has 0 aliphatic carbocycles. The number of nitrogens with zero attached hydrogens (tertiary/aromatic N) is 4. The van der Waals surface area contributed by atoms with Crippen LogP contribution in [-0.4, -0.2) is 34.1 Å². The summed E-state index contributed by atoms with van der Waals surface area (Å²) in [5, 5.41) is 0. The highest BCUT2D eigenvalue weighted by Crippen LogP contribution is 2.27. The fourth-order valence-electron chi connectivity index (χ4n) is 3.02. The normalized spacial score (nSPS) is 17.0. The Morgan fingerprint density at radius 3 is 2.60 bits per heavy atom. The van der Waals surface area contributed by atoms with Gasteiger partial charge in [0.25, 0.3) is 0 Å². The van der Waals surface area contributed by atoms with Crippen molar-refractivity contribution >= 4 is 5.82 Å². The maximum Gasteiger partial charge on any atom is 0.162 e. The van der Waals surface area contributed by atoms with E-state index in [-0.39, 0.29) is 11.9 Å². The third-order valence-electron chi connectivity index (χ3n) is 4.32. The Balaban J connectivity index is 1.83. The van der Waals surface area contributed by atoms with Crippen LogP contribution >= 0.6 is 0 Å². The van der Waals surface area contributed by atoms with Crippen molar-refractivity contribution in [2.45, 2.75) is 12.5 Å². The summed E-state index contributed by atoms with van der Waals surface area (Å²) in [6, 6.07) is 12.2. The summed E-state index contributed by atoms with van der Waals surface area (Å²) in [6.07, 6.45) is 4.39. The molecule has 0 saturated carbocycles. The van der Waals surface area contributed by atoms with Gasteiger partial charge in [0, 0.05) is 48.7 Å². The molecule has 0 radical (unpaired) electrons. The lowest BCUT2D eigenvalue weighted by Crippen LogP contribution is -2.27. The zero-order chi connectivity index (χ0) is 17.2. The summed E-state index contributed by atoms with van der Waals surface area (Å²) in [4.78, 5) is 15.5. The summed E-state index contributed by atoms with van der Waals surface area (Å²) in [5.41, 5.74) is 8.42. The summed E-state index contributed by atoms with van der Waals surface area (Å²) in [6.45, 7) is 1.62. The van der Waals surface area contributed by atoms with Crippen molar-refractivity contribution in [2.24, 2.45) is 5.73 Å². The molecule has 4 rings (SSSR count). The molecule has 1 aromatic carbocycles. The van der Waals surface area contributed by atoms with Crippen LogP contribution in [0.5, 0.6) is 0 Å². The highest BCUT2D eigenvalue weighted by molar-refractivity contribution is 5.67. The Labute approximate surface area is 145 Å². The van der Waals surface area contributed by atoms with Crippen LogP contribution in [0.1, 0.15) is 6.42 Å². The predicted octanol–water partition coefficient (Wildman–Crippen LogP) is 2.88. The molecule has 0 spiro atoms. The van der Waals surface area contributed by atoms with Crippen molar-refractivity contribution < 1.29 is 4.39 Å². The first-order valence-corrected chi connectivity index (χ1v) is 8.25. The lowest BCUT2D eigenvalue weighted by Gasteiger charge is -2.18. The summed E-state index contributed by atoms with van der Waals surface area (Å²) >= 11 is 0. The van der Waals surface area contributed by atoms with E-state index >= 15 is 0 Å². The van der Waals surface area contributed by atoms with Crippen LogP contribution in [0.2, 0.25) is 0 Å². The minimum Gasteiger partial charge on any atom is -0.355 e. The Kier molecular flexibility index (Phi) is 4.11. The highest BCUT2D eigenvalue weighted by Gasteiger charge is 2.22. The first-order valence-electron chi connectivity index (χ1n) is 8.25. The monoisotopic (exact) mass is 335 g/mol. The van der Waals surface area contributed by atoms with Gasteiger partial charge in [-0.25, -0.2) is 14.4 Å². The zero-order valence-corrected chi connectivity index (χ0v) is 13.6. The second-order valence-electron chi connectivity index (χ2n) is 6.18. The van der Waals surface area contributed by atoms with Gasteiger partial charge in [-0.1, -0.05) is 12.1 Å². The molecule has 5 nitrogen and oxygen atoms in total. The number of nitrogens with two attached hydrogens (primary N) is 1. The van der Waals surface area contributed by atoms with Gasteiger partial charge in [-0.2, -0.15) is 0 Å². The third kappa shape index (κ3) is 3.34. The van der Waals surface area contributed by atoms with Gasteiger partial charge < -0.3 is 10.6 Å². The number of benzene rings is 1. The zero-order valence-electron chi connectivity index (χ0n) is 13.6. The van der Waals surface area contributed by atoms with E-state index in [0.717, 1.165) is 36.6 Å². The van der Waals surface area contributed by atoms with Gasteiger partial charge >= 0.3 is 0 Å². The second kappa shape index (κ2) is 6.57. The molecule has 25 heavy (non-hydrogen) atoms. The Bertz CT molecular complexity index is 884. The molecule has 0 bridgehead atoms. The topological polar surface area (TPSA) is 67.9 Å². The highest BCUT2D eigenvalue weighted by atomic mass is 19.1. The largest absolute Gasteiger partial charge is 0.355 e. The molecule has 1 unspecified atom stereocenters. The van der Waals surface area contributed by atoms with E-state index in [1.54, 1.807) is 18.5 Å². The number of pyridine rings is 1. The molecule has 3 aromatic rings. The van der Waals surface area contributed by atoms with Crippen molar-refractivity contribution in [1.82, 2.24) is 15.0 Å². The maximum atomic E-state index is 13.6. The first kappa shape index (κ1) is 15.7. The van der Waals surface area contributed by atoms with Crippen LogP contribution in [0.4, 0.5) is 10.2 Å². The Morgan fingerprint density at radius 2 is 1.88 bits per heavy atom. The van der Waals surface area contributed by atoms with Gasteiger partial charge in [0.15, 0.2) is 5.82 Å². The van der Waals surface area contributed by atoms with Crippen molar-refractivity contribution in [3.63, 3.8) is 0 Å². The minimum atomic E-state index is -0.305. The molecule has 2 aromatic heterocycles. The number of aromatic nitrogens is 3. The number of rotatable bonds is 3. The van der Waals surface area contributed by atoms with E-state index in [1.165, 1.54) is 12.1 Å². The smallest absolute Gasteiger partial charge is 0.162 e. The standard InChI is InChI=1S/C19H18FN5/c20-15-3-1-2-14(10-15)19-23-17(13-4-7-22-8-5-13)11-18(24-19)25-9-6-16(21)12-25/h1-5,7-8,10-11,16H,6,9,12,21H2. The van der Waals surface area contributed by atoms with Gasteiger partial charge in [-0.05, 0) is 30.7 Å². The van der Waals surface area contributed by atoms with Crippen LogP contribution in [-0.2, 0) is 0 Å². The van der Waals surface area contributed by atoms with Gasteiger partial charge in [0.2, 0.25) is 0 Å². The minimum absolute atomic E-state index is 0.150. The number of halogens is 1. The molecule has 0 amide bonds. The predicted molar refractivity (Wildman–Crippen MR) is 95.5 cm³/mol. The molecule has 1 aliphatic rings. The van der Waals surface area contributed by atoms with E-state index < -0.39 is 0 Å². The molecule has 1 atom stereocenters. The lowest BCUT2D eigenvalue weighted by molar-refractivity contribution is 0.628. The van der Waals surface area contributed by atoms with Gasteiger partial charge in [-0.15, -0.1) is 0 Å². The summed E-state index contributed by atoms with van der Waals surface area (Å²) in [5.74, 6) is 1.01. The van der Waals surface area contributed by atoms with E-state index in [0.29, 0.717) is 11.4 Å². The fraction of sp³-hybridized carbons (Fsp3) is 0.211. The van der Waals surface area contributed by atoms with Crippen molar-refractivity contribution in [3.8, 4) is 22.6 Å². The molecule has 2 N–H and O–H groups in total. The van der Waals surface area contributed by atoms with E-state index in [9.17, 15) is 4.39 Å². The summed E-state index contributed by atoms with van der Waals surface area (Å²) in [7, 11) is 0. The average molecular weight is 335 g/mol. The number of anilines is 1. The van der Waals surface area contributed by atoms with Crippen molar-refractivity contribution in [1.29, 1.82) is 0 Å². The Hall–Kier alpha value is -2.86. The third-order valence-corrected chi connectivity index (χ3v) is 4.32. The van der Waals surface area contributed by atoms with Crippen LogP contribution in [0.3, 0.4) is 0 Å². The molecule has 3 heterocycles. The Morgan fingerprint density at radius 1 is 1.04 bits per heavy atom. The molecule has 6 heteroatoms. The summed E-state index contributed by atoms with van der Waals surface area (Å²) < 4.78 is 13.6.